The molecule has 166 valence electrons. The smallest absolute Gasteiger partial charge is 0.192 e. The van der Waals surface area contributed by atoms with Crippen LogP contribution in [-0.2, 0) is 9.59 Å². The minimum absolute atomic E-state index is 0.156. The molecule has 0 spiro atoms. The van der Waals surface area contributed by atoms with E-state index in [0.717, 1.165) is 12.2 Å². The van der Waals surface area contributed by atoms with E-state index in [1.807, 2.05) is 0 Å². The summed E-state index contributed by atoms with van der Waals surface area (Å²) in [5, 5.41) is 40.7. The number of alkyl halides is 3. The van der Waals surface area contributed by atoms with Crippen molar-refractivity contribution in [1.29, 1.82) is 0 Å². The van der Waals surface area contributed by atoms with Crippen molar-refractivity contribution >= 4 is 23.2 Å². The number of hydrogen-bond donors (Lipinski definition) is 4. The van der Waals surface area contributed by atoms with Crippen LogP contribution in [0.15, 0.2) is 23.8 Å². The first-order chi connectivity index (χ1) is 13.8. The Labute approximate surface area is 177 Å². The molecule has 0 aromatic heterocycles. The molecule has 3 saturated carbocycles. The highest BCUT2D eigenvalue weighted by Crippen LogP contribution is 2.70. The lowest BCUT2D eigenvalue weighted by atomic mass is 9.44. The van der Waals surface area contributed by atoms with Gasteiger partial charge in [-0.1, -0.05) is 13.0 Å². The normalized spacial score (nSPS) is 54.8. The predicted molar refractivity (Wildman–Crippen MR) is 102 cm³/mol. The molecular formula is C21H25ClF2O6. The van der Waals surface area contributed by atoms with Crippen LogP contribution in [0, 0.1) is 22.7 Å². The largest absolute Gasteiger partial charge is 0.390 e. The number of ketones is 2. The summed E-state index contributed by atoms with van der Waals surface area (Å²) in [5.74, 6) is -3.90. The fraction of sp³-hybridized carbons (Fsp3) is 0.714. The number of aliphatic hydroxyl groups excluding tert-OH is 3. The maximum absolute atomic E-state index is 17.0. The van der Waals surface area contributed by atoms with Gasteiger partial charge in [0.05, 0.1) is 17.6 Å². The molecule has 0 bridgehead atoms. The van der Waals surface area contributed by atoms with Crippen molar-refractivity contribution in [2.24, 2.45) is 22.7 Å². The van der Waals surface area contributed by atoms with Crippen molar-refractivity contribution in [3.8, 4) is 0 Å². The van der Waals surface area contributed by atoms with Gasteiger partial charge in [0.15, 0.2) is 22.8 Å². The minimum Gasteiger partial charge on any atom is -0.390 e. The molecule has 4 N–H and O–H groups in total. The summed E-state index contributed by atoms with van der Waals surface area (Å²) < 4.78 is 32.4. The van der Waals surface area contributed by atoms with Gasteiger partial charge in [0.1, 0.15) is 12.8 Å². The molecule has 4 aliphatic carbocycles. The summed E-state index contributed by atoms with van der Waals surface area (Å²) in [4.78, 5) is 24.3. The van der Waals surface area contributed by atoms with Crippen LogP contribution < -0.4 is 0 Å². The molecule has 9 heteroatoms. The van der Waals surface area contributed by atoms with Gasteiger partial charge in [0.2, 0.25) is 0 Å². The zero-order valence-corrected chi connectivity index (χ0v) is 17.3. The lowest BCUT2D eigenvalue weighted by Crippen LogP contribution is -2.73. The lowest BCUT2D eigenvalue weighted by Gasteiger charge is -2.64. The van der Waals surface area contributed by atoms with Gasteiger partial charge < -0.3 is 20.4 Å². The summed E-state index contributed by atoms with van der Waals surface area (Å²) in [7, 11) is 0. The number of Topliss-reactive ketones (excluding diaryl/α,β-unsaturated/α-hetero) is 1. The Hall–Kier alpha value is -1.19. The molecular weight excluding hydrogens is 422 g/mol. The number of aliphatic hydroxyl groups is 4. The van der Waals surface area contributed by atoms with Gasteiger partial charge >= 0.3 is 0 Å². The van der Waals surface area contributed by atoms with Crippen LogP contribution in [-0.4, -0.2) is 73.6 Å². The summed E-state index contributed by atoms with van der Waals surface area (Å²) in [6, 6.07) is 0. The Morgan fingerprint density at radius 2 is 1.93 bits per heavy atom. The molecule has 0 saturated heterocycles. The first kappa shape index (κ1) is 22.0. The Balaban J connectivity index is 1.92. The van der Waals surface area contributed by atoms with Crippen molar-refractivity contribution in [2.45, 2.75) is 61.7 Å². The standard InChI is InChI=1S/C21H25ClF2O6/c1-18-4-3-9(26)5-11(18)17(23)16(22)15-10-6-12(27)21(30,14(29)8-25)19(10,2)7-13(28)20(15,18)24/h3-5,10,12-13,15-17,25,27-28,30H,6-8H2,1-2H3/t10-,12+,13-,15+,16-,17-,18-,19-,20+,21-/m0/s1. The molecule has 10 atom stereocenters. The molecule has 0 aromatic carbocycles. The molecule has 0 aliphatic heterocycles. The van der Waals surface area contributed by atoms with E-state index in [1.54, 1.807) is 0 Å². The number of fused-ring (bicyclic) bond motifs is 5. The van der Waals surface area contributed by atoms with E-state index in [9.17, 15) is 30.0 Å². The van der Waals surface area contributed by atoms with E-state index in [1.165, 1.54) is 19.9 Å². The van der Waals surface area contributed by atoms with Crippen molar-refractivity contribution in [1.82, 2.24) is 0 Å². The fourth-order valence-corrected chi connectivity index (χ4v) is 7.28. The van der Waals surface area contributed by atoms with Crippen molar-refractivity contribution < 1.29 is 38.8 Å². The predicted octanol–water partition coefficient (Wildman–Crippen LogP) is 0.786. The van der Waals surface area contributed by atoms with E-state index in [0.29, 0.717) is 0 Å². The molecule has 0 radical (unpaired) electrons. The Kier molecular flexibility index (Phi) is 4.71. The van der Waals surface area contributed by atoms with Gasteiger partial charge in [0, 0.05) is 16.7 Å². The molecule has 30 heavy (non-hydrogen) atoms. The Morgan fingerprint density at radius 1 is 1.30 bits per heavy atom. The van der Waals surface area contributed by atoms with Crippen LogP contribution in [0.5, 0.6) is 0 Å². The lowest BCUT2D eigenvalue weighted by molar-refractivity contribution is -0.225. The molecule has 3 fully saturated rings. The topological polar surface area (TPSA) is 115 Å². The first-order valence-corrected chi connectivity index (χ1v) is 10.4. The van der Waals surface area contributed by atoms with Crippen LogP contribution in [0.2, 0.25) is 0 Å². The second kappa shape index (κ2) is 6.42. The van der Waals surface area contributed by atoms with Gasteiger partial charge in [-0.25, -0.2) is 8.78 Å². The van der Waals surface area contributed by atoms with E-state index in [4.69, 9.17) is 11.6 Å². The molecule has 0 heterocycles. The van der Waals surface area contributed by atoms with Gasteiger partial charge in [-0.15, -0.1) is 11.6 Å². The van der Waals surface area contributed by atoms with Crippen LogP contribution in [0.1, 0.15) is 26.7 Å². The van der Waals surface area contributed by atoms with Crippen molar-refractivity contribution in [2.75, 3.05) is 6.61 Å². The Morgan fingerprint density at radius 3 is 2.53 bits per heavy atom. The maximum Gasteiger partial charge on any atom is 0.192 e. The van der Waals surface area contributed by atoms with Crippen molar-refractivity contribution in [3.05, 3.63) is 23.8 Å². The second-order valence-electron chi connectivity index (χ2n) is 9.52. The summed E-state index contributed by atoms with van der Waals surface area (Å²) >= 11 is 6.41. The molecule has 6 nitrogen and oxygen atoms in total. The quantitative estimate of drug-likeness (QED) is 0.466. The zero-order valence-electron chi connectivity index (χ0n) is 16.6. The van der Waals surface area contributed by atoms with E-state index in [-0.39, 0.29) is 12.0 Å². The fourth-order valence-electron chi connectivity index (χ4n) is 6.79. The second-order valence-corrected chi connectivity index (χ2v) is 10.0. The van der Waals surface area contributed by atoms with Gasteiger partial charge in [-0.3, -0.25) is 9.59 Å². The number of carbonyl (C=O) groups excluding carboxylic acids is 2. The van der Waals surface area contributed by atoms with Gasteiger partial charge in [-0.05, 0) is 43.4 Å². The summed E-state index contributed by atoms with van der Waals surface area (Å²) in [5.41, 5.74) is -8.33. The molecule has 0 aromatic rings. The number of rotatable bonds is 2. The number of halogens is 3. The summed E-state index contributed by atoms with van der Waals surface area (Å²) in [6.45, 7) is 1.77. The highest BCUT2D eigenvalue weighted by atomic mass is 35.5. The van der Waals surface area contributed by atoms with Crippen LogP contribution in [0.3, 0.4) is 0 Å². The zero-order chi connectivity index (χ0) is 22.4. The van der Waals surface area contributed by atoms with Gasteiger partial charge in [-0.2, -0.15) is 0 Å². The van der Waals surface area contributed by atoms with E-state index >= 15 is 8.78 Å². The van der Waals surface area contributed by atoms with E-state index in [2.05, 4.69) is 0 Å². The average Bonchev–Trinajstić information content (AvgIpc) is 2.89. The monoisotopic (exact) mass is 446 g/mol. The average molecular weight is 447 g/mol. The summed E-state index contributed by atoms with van der Waals surface area (Å²) in [6.07, 6.45) is -2.64. The molecule has 0 unspecified atom stereocenters. The Bertz CT molecular complexity index is 878. The third-order valence-electron chi connectivity index (χ3n) is 8.43. The van der Waals surface area contributed by atoms with Crippen molar-refractivity contribution in [3.63, 3.8) is 0 Å². The third-order valence-corrected chi connectivity index (χ3v) is 8.92. The van der Waals surface area contributed by atoms with E-state index < -0.39 is 82.3 Å². The molecule has 0 amide bonds. The molecule has 4 rings (SSSR count). The highest BCUT2D eigenvalue weighted by Gasteiger charge is 2.78. The van der Waals surface area contributed by atoms with Crippen LogP contribution >= 0.6 is 11.6 Å². The maximum atomic E-state index is 17.0. The first-order valence-electron chi connectivity index (χ1n) is 9.95. The van der Waals surface area contributed by atoms with Gasteiger partial charge in [0.25, 0.3) is 0 Å². The highest BCUT2D eigenvalue weighted by molar-refractivity contribution is 6.22. The minimum atomic E-state index is -2.51. The molecule has 4 aliphatic rings. The number of allylic oxidation sites excluding steroid dienone is 4. The van der Waals surface area contributed by atoms with Crippen LogP contribution in [0.25, 0.3) is 0 Å². The SMILES string of the molecule is C[C@]12C=CC(=O)C=C1[C@H](F)[C@@H](Cl)[C@H]1[C@@H]3C[C@@H](O)[C@](O)(C(=O)CO)[C@@]3(C)C[C@H](O)[C@@]12F. The van der Waals surface area contributed by atoms with Crippen LogP contribution in [0.4, 0.5) is 8.78 Å². The third kappa shape index (κ3) is 2.21. The number of hydrogen-bond acceptors (Lipinski definition) is 6. The number of carbonyl (C=O) groups is 2.